The summed E-state index contributed by atoms with van der Waals surface area (Å²) in [4.78, 5) is 38.3. The third-order valence-corrected chi connectivity index (χ3v) is 5.48. The van der Waals surface area contributed by atoms with E-state index in [0.29, 0.717) is 17.2 Å². The lowest BCUT2D eigenvalue weighted by atomic mass is 10.2. The van der Waals surface area contributed by atoms with Crippen LogP contribution in [0.5, 0.6) is 0 Å². The van der Waals surface area contributed by atoms with Crippen molar-refractivity contribution in [1.29, 1.82) is 0 Å². The van der Waals surface area contributed by atoms with Gasteiger partial charge in [0, 0.05) is 18.4 Å². The van der Waals surface area contributed by atoms with Gasteiger partial charge in [-0.2, -0.15) is 0 Å². The summed E-state index contributed by atoms with van der Waals surface area (Å²) in [5, 5.41) is 2.12. The fraction of sp³-hybridized carbons (Fsp3) is 0.316. The third-order valence-electron chi connectivity index (χ3n) is 4.20. The van der Waals surface area contributed by atoms with Crippen LogP contribution in [0.3, 0.4) is 0 Å². The summed E-state index contributed by atoms with van der Waals surface area (Å²) >= 11 is 1.39. The molecule has 1 aliphatic heterocycles. The van der Waals surface area contributed by atoms with E-state index in [4.69, 9.17) is 9.15 Å². The molecule has 2 heterocycles. The molecule has 1 aromatic heterocycles. The van der Waals surface area contributed by atoms with Crippen molar-refractivity contribution in [2.24, 2.45) is 0 Å². The largest absolute Gasteiger partial charge is 0.466 e. The summed E-state index contributed by atoms with van der Waals surface area (Å²) in [6.07, 6.45) is 0.417. The minimum absolute atomic E-state index is 0.295. The van der Waals surface area contributed by atoms with Gasteiger partial charge in [-0.3, -0.25) is 9.59 Å². The second kappa shape index (κ2) is 8.47. The summed E-state index contributed by atoms with van der Waals surface area (Å²) in [5.41, 5.74) is 0.383. The Kier molecular flexibility index (Phi) is 6.03. The molecule has 3 atom stereocenters. The van der Waals surface area contributed by atoms with Gasteiger partial charge in [0.15, 0.2) is 6.10 Å². The molecule has 3 rings (SSSR count). The standard InChI is InChI=1S/C19H19FN2O5S/c1-11(17(24)21-14-7-5-13(20)6-8-14)27-19(25)15-10-28-18(22(15)12(2)23)16-4-3-9-26-16/h3-9,11,15,18H,10H2,1-2H3,(H,21,24)/t11-,15-,18+/m0/s1. The molecule has 0 spiro atoms. The maximum Gasteiger partial charge on any atom is 0.330 e. The Morgan fingerprint density at radius 3 is 2.61 bits per heavy atom. The fourth-order valence-corrected chi connectivity index (χ4v) is 4.22. The maximum absolute atomic E-state index is 12.9. The Morgan fingerprint density at radius 2 is 2.00 bits per heavy atom. The zero-order valence-corrected chi connectivity index (χ0v) is 16.1. The average molecular weight is 406 g/mol. The van der Waals surface area contributed by atoms with Crippen molar-refractivity contribution in [3.8, 4) is 0 Å². The SMILES string of the molecule is CC(=O)N1[C@@H](c2ccco2)SC[C@H]1C(=O)O[C@@H](C)C(=O)Nc1ccc(F)cc1. The molecule has 148 valence electrons. The fourth-order valence-electron chi connectivity index (χ4n) is 2.81. The van der Waals surface area contributed by atoms with Gasteiger partial charge in [-0.25, -0.2) is 9.18 Å². The van der Waals surface area contributed by atoms with E-state index >= 15 is 0 Å². The third kappa shape index (κ3) is 4.36. The molecule has 1 aliphatic rings. The average Bonchev–Trinajstić information content (AvgIpc) is 3.32. The number of rotatable bonds is 5. The second-order valence-electron chi connectivity index (χ2n) is 6.22. The topological polar surface area (TPSA) is 88.8 Å². The molecule has 1 aromatic carbocycles. The van der Waals surface area contributed by atoms with Crippen molar-refractivity contribution in [2.45, 2.75) is 31.4 Å². The number of esters is 1. The zero-order chi connectivity index (χ0) is 20.3. The molecular weight excluding hydrogens is 387 g/mol. The number of carbonyl (C=O) groups excluding carboxylic acids is 3. The van der Waals surface area contributed by atoms with Gasteiger partial charge in [-0.05, 0) is 43.3 Å². The zero-order valence-electron chi connectivity index (χ0n) is 15.3. The van der Waals surface area contributed by atoms with E-state index in [1.807, 2.05) is 0 Å². The van der Waals surface area contributed by atoms with E-state index < -0.39 is 35.2 Å². The molecule has 28 heavy (non-hydrogen) atoms. The van der Waals surface area contributed by atoms with Crippen molar-refractivity contribution < 1.29 is 27.9 Å². The van der Waals surface area contributed by atoms with Crippen LogP contribution < -0.4 is 5.32 Å². The van der Waals surface area contributed by atoms with Gasteiger partial charge in [0.05, 0.1) is 6.26 Å². The highest BCUT2D eigenvalue weighted by Gasteiger charge is 2.43. The number of hydrogen-bond acceptors (Lipinski definition) is 6. The predicted molar refractivity (Wildman–Crippen MR) is 101 cm³/mol. The van der Waals surface area contributed by atoms with Crippen LogP contribution in [0.2, 0.25) is 0 Å². The summed E-state index contributed by atoms with van der Waals surface area (Å²) in [5.74, 6) is -1.04. The summed E-state index contributed by atoms with van der Waals surface area (Å²) < 4.78 is 23.6. The van der Waals surface area contributed by atoms with Gasteiger partial charge in [-0.15, -0.1) is 11.8 Å². The molecule has 0 bridgehead atoms. The highest BCUT2D eigenvalue weighted by molar-refractivity contribution is 7.99. The predicted octanol–water partition coefficient (Wildman–Crippen LogP) is 2.95. The van der Waals surface area contributed by atoms with Gasteiger partial charge < -0.3 is 19.4 Å². The molecule has 1 fully saturated rings. The van der Waals surface area contributed by atoms with Crippen LogP contribution in [0, 0.1) is 5.82 Å². The van der Waals surface area contributed by atoms with Gasteiger partial charge in [0.1, 0.15) is 23.0 Å². The molecule has 0 aliphatic carbocycles. The lowest BCUT2D eigenvalue weighted by Crippen LogP contribution is -2.44. The Labute approximate surface area is 165 Å². The van der Waals surface area contributed by atoms with Gasteiger partial charge >= 0.3 is 5.97 Å². The normalized spacial score (nSPS) is 19.9. The Balaban J connectivity index is 1.63. The molecule has 2 aromatic rings. The number of ether oxygens (including phenoxy) is 1. The molecule has 1 saturated heterocycles. The van der Waals surface area contributed by atoms with Crippen molar-refractivity contribution >= 4 is 35.2 Å². The molecule has 0 radical (unpaired) electrons. The van der Waals surface area contributed by atoms with Crippen molar-refractivity contribution in [3.63, 3.8) is 0 Å². The number of thioether (sulfide) groups is 1. The first-order chi connectivity index (χ1) is 13.4. The lowest BCUT2D eigenvalue weighted by molar-refractivity contribution is -0.160. The lowest BCUT2D eigenvalue weighted by Gasteiger charge is -2.26. The van der Waals surface area contributed by atoms with Gasteiger partial charge in [0.2, 0.25) is 5.91 Å². The highest BCUT2D eigenvalue weighted by Crippen LogP contribution is 2.41. The van der Waals surface area contributed by atoms with Crippen molar-refractivity contribution in [2.75, 3.05) is 11.1 Å². The van der Waals surface area contributed by atoms with E-state index in [0.717, 1.165) is 0 Å². The second-order valence-corrected chi connectivity index (χ2v) is 7.33. The molecule has 7 nitrogen and oxygen atoms in total. The maximum atomic E-state index is 12.9. The van der Waals surface area contributed by atoms with Crippen molar-refractivity contribution in [3.05, 3.63) is 54.2 Å². The summed E-state index contributed by atoms with van der Waals surface area (Å²) in [6, 6.07) is 7.85. The minimum atomic E-state index is -1.08. The summed E-state index contributed by atoms with van der Waals surface area (Å²) in [7, 11) is 0. The molecule has 0 saturated carbocycles. The highest BCUT2D eigenvalue weighted by atomic mass is 32.2. The number of amides is 2. The number of benzene rings is 1. The Morgan fingerprint density at radius 1 is 1.29 bits per heavy atom. The van der Waals surface area contributed by atoms with E-state index in [1.165, 1.54) is 61.0 Å². The van der Waals surface area contributed by atoms with E-state index in [2.05, 4.69) is 5.32 Å². The van der Waals surface area contributed by atoms with Gasteiger partial charge in [-0.1, -0.05) is 0 Å². The monoisotopic (exact) mass is 406 g/mol. The number of furan rings is 1. The molecule has 2 amide bonds. The first kappa shape index (κ1) is 19.9. The number of nitrogens with zero attached hydrogens (tertiary/aromatic N) is 1. The van der Waals surface area contributed by atoms with Crippen LogP contribution in [0.15, 0.2) is 47.1 Å². The van der Waals surface area contributed by atoms with E-state index in [-0.39, 0.29) is 5.91 Å². The number of nitrogens with one attached hydrogen (secondary N) is 1. The minimum Gasteiger partial charge on any atom is -0.466 e. The van der Waals surface area contributed by atoms with Crippen molar-refractivity contribution in [1.82, 2.24) is 4.90 Å². The first-order valence-electron chi connectivity index (χ1n) is 8.57. The Bertz CT molecular complexity index is 856. The Hall–Kier alpha value is -2.81. The van der Waals surface area contributed by atoms with Crippen LogP contribution in [0.4, 0.5) is 10.1 Å². The first-order valence-corrected chi connectivity index (χ1v) is 9.62. The number of halogens is 1. The molecular formula is C19H19FN2O5S. The molecule has 0 unspecified atom stereocenters. The van der Waals surface area contributed by atoms with Crippen LogP contribution >= 0.6 is 11.8 Å². The number of carbonyl (C=O) groups is 3. The van der Waals surface area contributed by atoms with Crippen LogP contribution in [-0.2, 0) is 19.1 Å². The molecule has 9 heteroatoms. The van der Waals surface area contributed by atoms with E-state index in [1.54, 1.807) is 12.1 Å². The number of hydrogen-bond donors (Lipinski definition) is 1. The number of anilines is 1. The van der Waals surface area contributed by atoms with Crippen LogP contribution in [0.25, 0.3) is 0 Å². The molecule has 1 N–H and O–H groups in total. The smallest absolute Gasteiger partial charge is 0.330 e. The van der Waals surface area contributed by atoms with E-state index in [9.17, 15) is 18.8 Å². The van der Waals surface area contributed by atoms with Gasteiger partial charge in [0.25, 0.3) is 5.91 Å². The van der Waals surface area contributed by atoms with Crippen LogP contribution in [-0.4, -0.2) is 40.6 Å². The quantitative estimate of drug-likeness (QED) is 0.768. The summed E-state index contributed by atoms with van der Waals surface area (Å²) in [6.45, 7) is 2.80. The van der Waals surface area contributed by atoms with Crippen LogP contribution in [0.1, 0.15) is 25.0 Å².